The van der Waals surface area contributed by atoms with Crippen molar-refractivity contribution in [1.82, 2.24) is 9.97 Å². The fourth-order valence-electron chi connectivity index (χ4n) is 3.42. The summed E-state index contributed by atoms with van der Waals surface area (Å²) in [5.74, 6) is 2.16. The van der Waals surface area contributed by atoms with Crippen LogP contribution < -0.4 is 10.5 Å². The van der Waals surface area contributed by atoms with Crippen molar-refractivity contribution in [1.29, 1.82) is 0 Å². The maximum Gasteiger partial charge on any atom is 0.191 e. The number of rotatable bonds is 4. The van der Waals surface area contributed by atoms with E-state index in [0.29, 0.717) is 28.4 Å². The van der Waals surface area contributed by atoms with Gasteiger partial charge in [0, 0.05) is 16.2 Å². The second-order valence-electron chi connectivity index (χ2n) is 6.67. The third-order valence-corrected chi connectivity index (χ3v) is 6.81. The first-order valence-electron chi connectivity index (χ1n) is 8.58. The molecular formula is C19H20FN3OS2. The van der Waals surface area contributed by atoms with Crippen molar-refractivity contribution in [2.75, 3.05) is 12.8 Å². The molecule has 1 aliphatic carbocycles. The number of nitrogen functional groups attached to an aromatic ring is 1. The van der Waals surface area contributed by atoms with Crippen LogP contribution in [0.5, 0.6) is 5.75 Å². The minimum absolute atomic E-state index is 0.280. The van der Waals surface area contributed by atoms with Crippen LogP contribution in [0, 0.1) is 11.7 Å². The maximum absolute atomic E-state index is 13.5. The van der Waals surface area contributed by atoms with Gasteiger partial charge in [0.15, 0.2) is 5.16 Å². The monoisotopic (exact) mass is 389 g/mol. The van der Waals surface area contributed by atoms with Crippen molar-refractivity contribution in [2.24, 2.45) is 5.92 Å². The SMILES string of the molecule is COc1ccc(F)cc1CSc1nc(N)c2c3c(sc2n1)CC(C)CC3. The number of hydrogen-bond donors (Lipinski definition) is 1. The molecule has 0 amide bonds. The van der Waals surface area contributed by atoms with E-state index in [1.165, 1.54) is 40.8 Å². The molecule has 2 N–H and O–H groups in total. The predicted octanol–water partition coefficient (Wildman–Crippen LogP) is 4.84. The minimum atomic E-state index is -0.280. The van der Waals surface area contributed by atoms with Gasteiger partial charge in [0.1, 0.15) is 22.2 Å². The normalized spacial score (nSPS) is 16.7. The van der Waals surface area contributed by atoms with E-state index >= 15 is 0 Å². The summed E-state index contributed by atoms with van der Waals surface area (Å²) in [6.07, 6.45) is 3.34. The van der Waals surface area contributed by atoms with Gasteiger partial charge in [-0.1, -0.05) is 18.7 Å². The van der Waals surface area contributed by atoms with Gasteiger partial charge in [-0.05, 0) is 48.9 Å². The lowest BCUT2D eigenvalue weighted by atomic mass is 9.89. The topological polar surface area (TPSA) is 61.0 Å². The van der Waals surface area contributed by atoms with Crippen molar-refractivity contribution in [3.05, 3.63) is 40.0 Å². The van der Waals surface area contributed by atoms with Crippen LogP contribution in [0.2, 0.25) is 0 Å². The third kappa shape index (κ3) is 3.25. The van der Waals surface area contributed by atoms with E-state index in [-0.39, 0.29) is 5.82 Å². The Hall–Kier alpha value is -1.86. The Morgan fingerprint density at radius 1 is 1.38 bits per heavy atom. The highest BCUT2D eigenvalue weighted by Gasteiger charge is 2.23. The molecule has 26 heavy (non-hydrogen) atoms. The van der Waals surface area contributed by atoms with E-state index < -0.39 is 0 Å². The van der Waals surface area contributed by atoms with Crippen LogP contribution in [0.15, 0.2) is 23.4 Å². The van der Waals surface area contributed by atoms with Gasteiger partial charge < -0.3 is 10.5 Å². The average Bonchev–Trinajstić information content (AvgIpc) is 2.97. The van der Waals surface area contributed by atoms with Crippen LogP contribution in [0.25, 0.3) is 10.2 Å². The number of thiophene rings is 1. The first-order valence-corrected chi connectivity index (χ1v) is 10.4. The summed E-state index contributed by atoms with van der Waals surface area (Å²) in [5.41, 5.74) is 8.38. The first kappa shape index (κ1) is 17.5. The zero-order valence-corrected chi connectivity index (χ0v) is 16.3. The van der Waals surface area contributed by atoms with Crippen molar-refractivity contribution < 1.29 is 9.13 Å². The second-order valence-corrected chi connectivity index (χ2v) is 8.69. The molecule has 1 atom stereocenters. The van der Waals surface area contributed by atoms with E-state index in [1.807, 2.05) is 0 Å². The molecule has 0 aliphatic heterocycles. The Balaban J connectivity index is 1.63. The fraction of sp³-hybridized carbons (Fsp3) is 0.368. The van der Waals surface area contributed by atoms with E-state index in [2.05, 4.69) is 11.9 Å². The lowest BCUT2D eigenvalue weighted by Crippen LogP contribution is -2.09. The van der Waals surface area contributed by atoms with Gasteiger partial charge in [-0.3, -0.25) is 0 Å². The maximum atomic E-state index is 13.5. The van der Waals surface area contributed by atoms with Gasteiger partial charge in [-0.25, -0.2) is 14.4 Å². The van der Waals surface area contributed by atoms with Gasteiger partial charge in [-0.2, -0.15) is 0 Å². The lowest BCUT2D eigenvalue weighted by Gasteiger charge is -2.17. The Labute approximate surface area is 160 Å². The van der Waals surface area contributed by atoms with Crippen LogP contribution in [-0.4, -0.2) is 17.1 Å². The number of fused-ring (bicyclic) bond motifs is 3. The van der Waals surface area contributed by atoms with Crippen molar-refractivity contribution >= 4 is 39.1 Å². The molecule has 3 aromatic rings. The van der Waals surface area contributed by atoms with E-state index in [4.69, 9.17) is 15.5 Å². The first-order chi connectivity index (χ1) is 12.5. The number of aromatic nitrogens is 2. The molecule has 0 fully saturated rings. The number of benzene rings is 1. The number of thioether (sulfide) groups is 1. The largest absolute Gasteiger partial charge is 0.496 e. The zero-order valence-electron chi connectivity index (χ0n) is 14.7. The smallest absolute Gasteiger partial charge is 0.191 e. The zero-order chi connectivity index (χ0) is 18.3. The number of nitrogens with two attached hydrogens (primary N) is 1. The molecule has 1 unspecified atom stereocenters. The number of ether oxygens (including phenoxy) is 1. The molecule has 4 rings (SSSR count). The average molecular weight is 390 g/mol. The molecule has 0 spiro atoms. The van der Waals surface area contributed by atoms with Gasteiger partial charge in [0.2, 0.25) is 0 Å². The second kappa shape index (κ2) is 7.04. The summed E-state index contributed by atoms with van der Waals surface area (Å²) in [6, 6.07) is 4.52. The molecule has 0 saturated carbocycles. The molecule has 4 nitrogen and oxygen atoms in total. The van der Waals surface area contributed by atoms with E-state index in [0.717, 1.165) is 28.6 Å². The summed E-state index contributed by atoms with van der Waals surface area (Å²) < 4.78 is 18.8. The Bertz CT molecular complexity index is 973. The predicted molar refractivity (Wildman–Crippen MR) is 106 cm³/mol. The molecule has 0 radical (unpaired) electrons. The van der Waals surface area contributed by atoms with Gasteiger partial charge in [-0.15, -0.1) is 11.3 Å². The molecule has 0 bridgehead atoms. The van der Waals surface area contributed by atoms with Crippen LogP contribution in [0.4, 0.5) is 10.2 Å². The van der Waals surface area contributed by atoms with Gasteiger partial charge >= 0.3 is 0 Å². The summed E-state index contributed by atoms with van der Waals surface area (Å²) in [7, 11) is 1.58. The molecule has 1 aromatic carbocycles. The number of hydrogen-bond acceptors (Lipinski definition) is 6. The molecule has 0 saturated heterocycles. The van der Waals surface area contributed by atoms with Crippen molar-refractivity contribution in [3.63, 3.8) is 0 Å². The van der Waals surface area contributed by atoms with E-state index in [9.17, 15) is 4.39 Å². The van der Waals surface area contributed by atoms with Crippen LogP contribution >= 0.6 is 23.1 Å². The van der Waals surface area contributed by atoms with Crippen molar-refractivity contribution in [3.8, 4) is 5.75 Å². The lowest BCUT2D eigenvalue weighted by molar-refractivity contribution is 0.410. The number of aryl methyl sites for hydroxylation is 1. The molecule has 1 aliphatic rings. The van der Waals surface area contributed by atoms with Crippen LogP contribution in [0.1, 0.15) is 29.3 Å². The molecular weight excluding hydrogens is 369 g/mol. The number of nitrogens with zero attached hydrogens (tertiary/aromatic N) is 2. The summed E-state index contributed by atoms with van der Waals surface area (Å²) in [6.45, 7) is 2.29. The highest BCUT2D eigenvalue weighted by molar-refractivity contribution is 7.98. The minimum Gasteiger partial charge on any atom is -0.496 e. The van der Waals surface area contributed by atoms with Crippen LogP contribution in [-0.2, 0) is 18.6 Å². The molecule has 2 heterocycles. The Kier molecular flexibility index (Phi) is 4.75. The molecule has 7 heteroatoms. The Morgan fingerprint density at radius 2 is 2.23 bits per heavy atom. The summed E-state index contributed by atoms with van der Waals surface area (Å²) in [5, 5.41) is 1.65. The third-order valence-electron chi connectivity index (χ3n) is 4.76. The van der Waals surface area contributed by atoms with Gasteiger partial charge in [0.05, 0.1) is 12.5 Å². The molecule has 136 valence electrons. The molecule has 2 aromatic heterocycles. The quantitative estimate of drug-likeness (QED) is 0.511. The number of methoxy groups -OCH3 is 1. The van der Waals surface area contributed by atoms with Gasteiger partial charge in [0.25, 0.3) is 0 Å². The van der Waals surface area contributed by atoms with E-state index in [1.54, 1.807) is 24.5 Å². The van der Waals surface area contributed by atoms with Crippen molar-refractivity contribution in [2.45, 2.75) is 37.1 Å². The summed E-state index contributed by atoms with van der Waals surface area (Å²) >= 11 is 3.18. The van der Waals surface area contributed by atoms with Crippen LogP contribution in [0.3, 0.4) is 0 Å². The highest BCUT2D eigenvalue weighted by atomic mass is 32.2. The standard InChI is InChI=1S/C19H20FN3OS2/c1-10-3-5-13-15(7-10)26-18-16(13)17(21)22-19(23-18)25-9-11-8-12(20)4-6-14(11)24-2/h4,6,8,10H,3,5,7,9H2,1-2H3,(H2,21,22,23). The highest BCUT2D eigenvalue weighted by Crippen LogP contribution is 2.40. The summed E-state index contributed by atoms with van der Waals surface area (Å²) in [4.78, 5) is 11.6. The fourth-order valence-corrected chi connectivity index (χ4v) is 5.69. The Morgan fingerprint density at radius 3 is 3.04 bits per heavy atom. The number of anilines is 1. The number of halogens is 1.